The highest BCUT2D eigenvalue weighted by molar-refractivity contribution is 5.79. The zero-order chi connectivity index (χ0) is 15.1. The Bertz CT molecular complexity index is 584. The molecule has 0 saturated heterocycles. The molecule has 0 saturated carbocycles. The summed E-state index contributed by atoms with van der Waals surface area (Å²) in [5, 5.41) is 10.6. The van der Waals surface area contributed by atoms with Crippen LogP contribution in [0.4, 0.5) is 0 Å². The predicted molar refractivity (Wildman–Crippen MR) is 84.1 cm³/mol. The fourth-order valence-electron chi connectivity index (χ4n) is 1.94. The number of rotatable bonds is 5. The molecule has 0 radical (unpaired) electrons. The second-order valence-electron chi connectivity index (χ2n) is 4.89. The third-order valence-electron chi connectivity index (χ3n) is 3.27. The van der Waals surface area contributed by atoms with Crippen molar-refractivity contribution in [2.45, 2.75) is 19.9 Å². The van der Waals surface area contributed by atoms with Gasteiger partial charge in [0, 0.05) is 20.6 Å². The minimum atomic E-state index is 0.598. The summed E-state index contributed by atoms with van der Waals surface area (Å²) in [5.41, 5.74) is 2.60. The van der Waals surface area contributed by atoms with Gasteiger partial charge in [0.15, 0.2) is 5.96 Å². The molecule has 0 amide bonds. The van der Waals surface area contributed by atoms with Crippen LogP contribution in [-0.2, 0) is 20.0 Å². The molecule has 2 N–H and O–H groups in total. The summed E-state index contributed by atoms with van der Waals surface area (Å²) in [6, 6.07) is 8.59. The van der Waals surface area contributed by atoms with E-state index in [0.29, 0.717) is 6.54 Å². The van der Waals surface area contributed by atoms with Gasteiger partial charge in [0.2, 0.25) is 0 Å². The Morgan fingerprint density at radius 1 is 1.24 bits per heavy atom. The quantitative estimate of drug-likeness (QED) is 0.636. The molecule has 0 aliphatic carbocycles. The van der Waals surface area contributed by atoms with Crippen molar-refractivity contribution in [2.24, 2.45) is 12.0 Å². The van der Waals surface area contributed by atoms with Crippen molar-refractivity contribution in [1.29, 1.82) is 0 Å². The van der Waals surface area contributed by atoms with Gasteiger partial charge in [-0.3, -0.25) is 9.67 Å². The Kier molecular flexibility index (Phi) is 5.31. The second-order valence-corrected chi connectivity index (χ2v) is 4.89. The van der Waals surface area contributed by atoms with Crippen LogP contribution in [0.3, 0.4) is 0 Å². The standard InChI is InChI=1S/C15H22N6/c1-12-4-6-13(7-5-12)8-9-17-15(16-2)18-10-14-19-11-20-21(14)3/h4-7,11H,8-10H2,1-3H3,(H2,16,17,18). The normalized spacial score (nSPS) is 11.5. The van der Waals surface area contributed by atoms with Gasteiger partial charge in [-0.15, -0.1) is 0 Å². The van der Waals surface area contributed by atoms with E-state index in [1.54, 1.807) is 18.1 Å². The van der Waals surface area contributed by atoms with Gasteiger partial charge in [0.1, 0.15) is 12.2 Å². The Morgan fingerprint density at radius 2 is 2.00 bits per heavy atom. The molecule has 6 heteroatoms. The van der Waals surface area contributed by atoms with Gasteiger partial charge >= 0.3 is 0 Å². The number of nitrogens with zero attached hydrogens (tertiary/aromatic N) is 4. The van der Waals surface area contributed by atoms with E-state index in [4.69, 9.17) is 0 Å². The molecule has 21 heavy (non-hydrogen) atoms. The number of hydrogen-bond donors (Lipinski definition) is 2. The lowest BCUT2D eigenvalue weighted by Crippen LogP contribution is -2.38. The molecule has 0 aliphatic rings. The van der Waals surface area contributed by atoms with E-state index in [0.717, 1.165) is 24.7 Å². The maximum absolute atomic E-state index is 4.20. The van der Waals surface area contributed by atoms with Crippen molar-refractivity contribution < 1.29 is 0 Å². The van der Waals surface area contributed by atoms with E-state index in [-0.39, 0.29) is 0 Å². The number of benzene rings is 1. The highest BCUT2D eigenvalue weighted by atomic mass is 15.3. The van der Waals surface area contributed by atoms with Gasteiger partial charge < -0.3 is 10.6 Å². The van der Waals surface area contributed by atoms with Crippen LogP contribution in [-0.4, -0.2) is 34.3 Å². The molecule has 6 nitrogen and oxygen atoms in total. The van der Waals surface area contributed by atoms with Crippen molar-refractivity contribution >= 4 is 5.96 Å². The molecule has 0 fully saturated rings. The minimum absolute atomic E-state index is 0.598. The fraction of sp³-hybridized carbons (Fsp3) is 0.400. The molecule has 112 valence electrons. The second kappa shape index (κ2) is 7.42. The molecule has 2 aromatic rings. The zero-order valence-electron chi connectivity index (χ0n) is 12.8. The lowest BCUT2D eigenvalue weighted by molar-refractivity contribution is 0.672. The Labute approximate surface area is 125 Å². The molecular formula is C15H22N6. The summed E-state index contributed by atoms with van der Waals surface area (Å²) >= 11 is 0. The zero-order valence-corrected chi connectivity index (χ0v) is 12.8. The third-order valence-corrected chi connectivity index (χ3v) is 3.27. The average Bonchev–Trinajstić information content (AvgIpc) is 2.90. The monoisotopic (exact) mass is 286 g/mol. The van der Waals surface area contributed by atoms with Crippen LogP contribution >= 0.6 is 0 Å². The molecule has 1 heterocycles. The first-order chi connectivity index (χ1) is 10.2. The summed E-state index contributed by atoms with van der Waals surface area (Å²) < 4.78 is 1.74. The Hall–Kier alpha value is -2.37. The van der Waals surface area contributed by atoms with Crippen molar-refractivity contribution in [3.05, 3.63) is 47.5 Å². The van der Waals surface area contributed by atoms with Gasteiger partial charge in [-0.1, -0.05) is 29.8 Å². The molecule has 2 rings (SSSR count). The first-order valence-electron chi connectivity index (χ1n) is 7.02. The first-order valence-corrected chi connectivity index (χ1v) is 7.02. The number of nitrogens with one attached hydrogen (secondary N) is 2. The summed E-state index contributed by atoms with van der Waals surface area (Å²) in [6.07, 6.45) is 2.51. The molecular weight excluding hydrogens is 264 g/mol. The molecule has 0 spiro atoms. The van der Waals surface area contributed by atoms with E-state index in [1.807, 2.05) is 7.05 Å². The maximum atomic E-state index is 4.20. The van der Waals surface area contributed by atoms with Gasteiger partial charge in [-0.2, -0.15) is 5.10 Å². The third kappa shape index (κ3) is 4.59. The largest absolute Gasteiger partial charge is 0.356 e. The fourth-order valence-corrected chi connectivity index (χ4v) is 1.94. The summed E-state index contributed by atoms with van der Waals surface area (Å²) in [7, 11) is 3.63. The summed E-state index contributed by atoms with van der Waals surface area (Å²) in [5.74, 6) is 1.64. The van der Waals surface area contributed by atoms with Gasteiger partial charge in [0.05, 0.1) is 6.54 Å². The van der Waals surface area contributed by atoms with E-state index in [9.17, 15) is 0 Å². The summed E-state index contributed by atoms with van der Waals surface area (Å²) in [6.45, 7) is 3.53. The highest BCUT2D eigenvalue weighted by Crippen LogP contribution is 2.03. The number of aromatic nitrogens is 3. The first kappa shape index (κ1) is 15.0. The van der Waals surface area contributed by atoms with Crippen molar-refractivity contribution in [1.82, 2.24) is 25.4 Å². The van der Waals surface area contributed by atoms with Crippen LogP contribution in [0, 0.1) is 6.92 Å². The van der Waals surface area contributed by atoms with Crippen molar-refractivity contribution in [3.63, 3.8) is 0 Å². The van der Waals surface area contributed by atoms with Crippen LogP contribution < -0.4 is 10.6 Å². The van der Waals surface area contributed by atoms with Gasteiger partial charge in [-0.05, 0) is 18.9 Å². The Balaban J connectivity index is 1.75. The van der Waals surface area contributed by atoms with E-state index in [2.05, 4.69) is 56.9 Å². The van der Waals surface area contributed by atoms with Crippen molar-refractivity contribution in [3.8, 4) is 0 Å². The van der Waals surface area contributed by atoms with Crippen LogP contribution in [0.5, 0.6) is 0 Å². The van der Waals surface area contributed by atoms with Crippen LogP contribution in [0.1, 0.15) is 17.0 Å². The lowest BCUT2D eigenvalue weighted by Gasteiger charge is -2.11. The predicted octanol–water partition coefficient (Wildman–Crippen LogP) is 1.03. The SMILES string of the molecule is CN=C(NCCc1ccc(C)cc1)NCc1ncnn1C. The molecule has 1 aromatic heterocycles. The summed E-state index contributed by atoms with van der Waals surface area (Å²) in [4.78, 5) is 8.36. The van der Waals surface area contributed by atoms with Crippen LogP contribution in [0.15, 0.2) is 35.6 Å². The van der Waals surface area contributed by atoms with Gasteiger partial charge in [0.25, 0.3) is 0 Å². The van der Waals surface area contributed by atoms with Crippen LogP contribution in [0.25, 0.3) is 0 Å². The molecule has 0 bridgehead atoms. The van der Waals surface area contributed by atoms with Crippen molar-refractivity contribution in [2.75, 3.05) is 13.6 Å². The molecule has 0 unspecified atom stereocenters. The number of guanidine groups is 1. The lowest BCUT2D eigenvalue weighted by atomic mass is 10.1. The molecule has 0 aliphatic heterocycles. The van der Waals surface area contributed by atoms with E-state index in [1.165, 1.54) is 11.1 Å². The topological polar surface area (TPSA) is 67.1 Å². The average molecular weight is 286 g/mol. The molecule has 0 atom stereocenters. The van der Waals surface area contributed by atoms with E-state index < -0.39 is 0 Å². The maximum Gasteiger partial charge on any atom is 0.191 e. The van der Waals surface area contributed by atoms with Gasteiger partial charge in [-0.25, -0.2) is 4.98 Å². The van der Waals surface area contributed by atoms with Crippen LogP contribution in [0.2, 0.25) is 0 Å². The van der Waals surface area contributed by atoms with E-state index >= 15 is 0 Å². The smallest absolute Gasteiger partial charge is 0.191 e. The highest BCUT2D eigenvalue weighted by Gasteiger charge is 2.02. The Morgan fingerprint density at radius 3 is 2.62 bits per heavy atom. The minimum Gasteiger partial charge on any atom is -0.356 e. The molecule has 1 aromatic carbocycles. The number of aliphatic imine (C=N–C) groups is 1. The number of aryl methyl sites for hydroxylation is 2. The number of hydrogen-bond acceptors (Lipinski definition) is 3.